The van der Waals surface area contributed by atoms with Crippen LogP contribution in [0.2, 0.25) is 0 Å². The van der Waals surface area contributed by atoms with Crippen LogP contribution in [0.4, 0.5) is 0 Å². The monoisotopic (exact) mass is 317 g/mol. The smallest absolute Gasteiger partial charge is 0.255 e. The van der Waals surface area contributed by atoms with Gasteiger partial charge in [-0.15, -0.1) is 0 Å². The fourth-order valence-electron chi connectivity index (χ4n) is 2.95. The zero-order chi connectivity index (χ0) is 16.8. The van der Waals surface area contributed by atoms with Crippen LogP contribution in [0.3, 0.4) is 0 Å². The largest absolute Gasteiger partial charge is 0.342 e. The molecule has 5 nitrogen and oxygen atoms in total. The van der Waals surface area contributed by atoms with E-state index in [0.717, 1.165) is 38.9 Å². The van der Waals surface area contributed by atoms with E-state index in [1.165, 1.54) is 6.42 Å². The second-order valence-corrected chi connectivity index (χ2v) is 6.54. The van der Waals surface area contributed by atoms with Crippen LogP contribution in [0.5, 0.6) is 0 Å². The molecule has 1 aromatic rings. The van der Waals surface area contributed by atoms with Crippen molar-refractivity contribution in [3.05, 3.63) is 29.6 Å². The molecule has 0 radical (unpaired) electrons. The van der Waals surface area contributed by atoms with Crippen molar-refractivity contribution in [3.63, 3.8) is 0 Å². The van der Waals surface area contributed by atoms with Crippen LogP contribution in [0, 0.1) is 5.92 Å². The predicted octanol–water partition coefficient (Wildman–Crippen LogP) is 2.83. The van der Waals surface area contributed by atoms with Gasteiger partial charge >= 0.3 is 0 Å². The van der Waals surface area contributed by atoms with Crippen LogP contribution in [-0.4, -0.2) is 53.3 Å². The number of carbonyl (C=O) groups is 2. The maximum Gasteiger partial charge on any atom is 0.255 e. The van der Waals surface area contributed by atoms with E-state index in [1.807, 2.05) is 4.90 Å². The molecule has 2 amide bonds. The lowest BCUT2D eigenvalue weighted by Gasteiger charge is -2.31. The van der Waals surface area contributed by atoms with Crippen LogP contribution in [0.1, 0.15) is 60.2 Å². The number of carbonyl (C=O) groups excluding carboxylic acids is 2. The number of unbranched alkanes of at least 4 members (excludes halogenated alkanes) is 1. The molecule has 126 valence electrons. The number of aromatic nitrogens is 1. The SMILES string of the molecule is CCCCN(C)C(=O)c1cncc(C(=O)N2CCCC(C)C2)c1. The number of pyridine rings is 1. The normalized spacial score (nSPS) is 17.9. The average molecular weight is 317 g/mol. The first-order valence-electron chi connectivity index (χ1n) is 8.52. The Balaban J connectivity index is 2.09. The Labute approximate surface area is 138 Å². The minimum absolute atomic E-state index is 0.0186. The van der Waals surface area contributed by atoms with Gasteiger partial charge < -0.3 is 9.80 Å². The van der Waals surface area contributed by atoms with Gasteiger partial charge in [-0.05, 0) is 31.2 Å². The number of amides is 2. The number of piperidine rings is 1. The third kappa shape index (κ3) is 4.53. The molecule has 0 bridgehead atoms. The molecule has 23 heavy (non-hydrogen) atoms. The second kappa shape index (κ2) is 8.09. The van der Waals surface area contributed by atoms with Gasteiger partial charge in [0, 0.05) is 39.1 Å². The van der Waals surface area contributed by atoms with Crippen molar-refractivity contribution < 1.29 is 9.59 Å². The van der Waals surface area contributed by atoms with Crippen LogP contribution < -0.4 is 0 Å². The minimum atomic E-state index is -0.0763. The van der Waals surface area contributed by atoms with Gasteiger partial charge in [0.15, 0.2) is 0 Å². The highest BCUT2D eigenvalue weighted by molar-refractivity contribution is 5.99. The molecule has 1 aromatic heterocycles. The first-order chi connectivity index (χ1) is 11.0. The highest BCUT2D eigenvalue weighted by Crippen LogP contribution is 2.18. The number of nitrogens with zero attached hydrogens (tertiary/aromatic N) is 3. The van der Waals surface area contributed by atoms with Crippen molar-refractivity contribution >= 4 is 11.8 Å². The summed E-state index contributed by atoms with van der Waals surface area (Å²) in [5.41, 5.74) is 0.994. The van der Waals surface area contributed by atoms with E-state index in [1.54, 1.807) is 30.4 Å². The Bertz CT molecular complexity index is 559. The molecule has 1 atom stereocenters. The zero-order valence-electron chi connectivity index (χ0n) is 14.4. The van der Waals surface area contributed by atoms with Gasteiger partial charge in [-0.1, -0.05) is 20.3 Å². The molecule has 0 aromatic carbocycles. The van der Waals surface area contributed by atoms with Crippen LogP contribution in [0.25, 0.3) is 0 Å². The third-order valence-electron chi connectivity index (χ3n) is 4.37. The van der Waals surface area contributed by atoms with Gasteiger partial charge in [0.1, 0.15) is 0 Å². The Hall–Kier alpha value is -1.91. The molecule has 1 saturated heterocycles. The Morgan fingerprint density at radius 2 is 2.09 bits per heavy atom. The molecule has 5 heteroatoms. The summed E-state index contributed by atoms with van der Waals surface area (Å²) in [4.78, 5) is 32.7. The van der Waals surface area contributed by atoms with E-state index in [4.69, 9.17) is 0 Å². The Morgan fingerprint density at radius 1 is 1.35 bits per heavy atom. The number of hydrogen-bond acceptors (Lipinski definition) is 3. The Morgan fingerprint density at radius 3 is 2.78 bits per heavy atom. The summed E-state index contributed by atoms with van der Waals surface area (Å²) in [7, 11) is 1.79. The average Bonchev–Trinajstić information content (AvgIpc) is 2.58. The third-order valence-corrected chi connectivity index (χ3v) is 4.37. The summed E-state index contributed by atoms with van der Waals surface area (Å²) >= 11 is 0. The molecule has 1 aliphatic heterocycles. The number of rotatable bonds is 5. The molecule has 2 heterocycles. The topological polar surface area (TPSA) is 53.5 Å². The summed E-state index contributed by atoms with van der Waals surface area (Å²) < 4.78 is 0. The van der Waals surface area contributed by atoms with E-state index in [-0.39, 0.29) is 11.8 Å². The lowest BCUT2D eigenvalue weighted by Crippen LogP contribution is -2.39. The quantitative estimate of drug-likeness (QED) is 0.839. The summed E-state index contributed by atoms with van der Waals surface area (Å²) in [5.74, 6) is 0.438. The summed E-state index contributed by atoms with van der Waals surface area (Å²) in [6.45, 7) is 6.56. The lowest BCUT2D eigenvalue weighted by molar-refractivity contribution is 0.0682. The first kappa shape index (κ1) is 17.4. The van der Waals surface area contributed by atoms with Crippen molar-refractivity contribution in [1.29, 1.82) is 0 Å². The maximum absolute atomic E-state index is 12.6. The summed E-state index contributed by atoms with van der Waals surface area (Å²) in [6.07, 6.45) is 7.33. The molecule has 1 unspecified atom stereocenters. The Kier molecular flexibility index (Phi) is 6.13. The number of likely N-dealkylation sites (tertiary alicyclic amines) is 1. The van der Waals surface area contributed by atoms with Crippen molar-refractivity contribution in [3.8, 4) is 0 Å². The lowest BCUT2D eigenvalue weighted by atomic mass is 9.99. The molecule has 0 N–H and O–H groups in total. The summed E-state index contributed by atoms with van der Waals surface area (Å²) in [6, 6.07) is 1.68. The van der Waals surface area contributed by atoms with Crippen LogP contribution >= 0.6 is 0 Å². The number of hydrogen-bond donors (Lipinski definition) is 0. The zero-order valence-corrected chi connectivity index (χ0v) is 14.4. The van der Waals surface area contributed by atoms with Crippen molar-refractivity contribution in [2.45, 2.75) is 39.5 Å². The van der Waals surface area contributed by atoms with E-state index < -0.39 is 0 Å². The molecule has 0 saturated carbocycles. The highest BCUT2D eigenvalue weighted by atomic mass is 16.2. The van der Waals surface area contributed by atoms with Gasteiger partial charge in [0.25, 0.3) is 11.8 Å². The van der Waals surface area contributed by atoms with Crippen molar-refractivity contribution in [2.75, 3.05) is 26.7 Å². The van der Waals surface area contributed by atoms with Gasteiger partial charge in [-0.3, -0.25) is 14.6 Å². The fraction of sp³-hybridized carbons (Fsp3) is 0.611. The van der Waals surface area contributed by atoms with Gasteiger partial charge in [0.05, 0.1) is 11.1 Å². The molecule has 0 aliphatic carbocycles. The van der Waals surface area contributed by atoms with Gasteiger partial charge in [-0.2, -0.15) is 0 Å². The van der Waals surface area contributed by atoms with Crippen molar-refractivity contribution in [1.82, 2.24) is 14.8 Å². The fourth-order valence-corrected chi connectivity index (χ4v) is 2.95. The second-order valence-electron chi connectivity index (χ2n) is 6.54. The van der Waals surface area contributed by atoms with Crippen LogP contribution in [0.15, 0.2) is 18.5 Å². The molecule has 2 rings (SSSR count). The van der Waals surface area contributed by atoms with Crippen molar-refractivity contribution in [2.24, 2.45) is 5.92 Å². The standard InChI is InChI=1S/C18H27N3O2/c1-4-5-8-20(3)17(22)15-10-16(12-19-11-15)18(23)21-9-6-7-14(2)13-21/h10-12,14H,4-9,13H2,1-3H3. The van der Waals surface area contributed by atoms with E-state index in [2.05, 4.69) is 18.8 Å². The first-order valence-corrected chi connectivity index (χ1v) is 8.52. The predicted molar refractivity (Wildman–Crippen MR) is 90.4 cm³/mol. The molecule has 0 spiro atoms. The molecule has 1 aliphatic rings. The molecular weight excluding hydrogens is 290 g/mol. The maximum atomic E-state index is 12.6. The van der Waals surface area contributed by atoms with E-state index in [9.17, 15) is 9.59 Å². The van der Waals surface area contributed by atoms with Gasteiger partial charge in [0.2, 0.25) is 0 Å². The summed E-state index contributed by atoms with van der Waals surface area (Å²) in [5, 5.41) is 0. The van der Waals surface area contributed by atoms with Crippen LogP contribution in [-0.2, 0) is 0 Å². The van der Waals surface area contributed by atoms with E-state index >= 15 is 0 Å². The van der Waals surface area contributed by atoms with E-state index in [0.29, 0.717) is 17.0 Å². The molecular formula is C18H27N3O2. The molecule has 1 fully saturated rings. The highest BCUT2D eigenvalue weighted by Gasteiger charge is 2.23. The minimum Gasteiger partial charge on any atom is -0.342 e. The van der Waals surface area contributed by atoms with Gasteiger partial charge in [-0.25, -0.2) is 0 Å².